The summed E-state index contributed by atoms with van der Waals surface area (Å²) in [6, 6.07) is 0.216. The first-order valence-electron chi connectivity index (χ1n) is 6.27. The Bertz CT molecular complexity index is 250. The SMILES string of the molecule is C[C@H](CNC(=O)N1CCCO1)N1CCOCC1. The smallest absolute Gasteiger partial charge is 0.341 e. The molecule has 0 radical (unpaired) electrons. The van der Waals surface area contributed by atoms with Crippen LogP contribution in [0.4, 0.5) is 4.79 Å². The molecule has 1 atom stereocenters. The topological polar surface area (TPSA) is 54.0 Å². The van der Waals surface area contributed by atoms with E-state index in [4.69, 9.17) is 9.57 Å². The van der Waals surface area contributed by atoms with E-state index in [1.54, 1.807) is 0 Å². The first-order valence-corrected chi connectivity index (χ1v) is 6.27. The largest absolute Gasteiger partial charge is 0.379 e. The highest BCUT2D eigenvalue weighted by atomic mass is 16.7. The van der Waals surface area contributed by atoms with E-state index in [1.807, 2.05) is 0 Å². The quantitative estimate of drug-likeness (QED) is 0.761. The second-order valence-corrected chi connectivity index (χ2v) is 4.47. The predicted molar refractivity (Wildman–Crippen MR) is 62.5 cm³/mol. The summed E-state index contributed by atoms with van der Waals surface area (Å²) in [5.74, 6) is 0. The van der Waals surface area contributed by atoms with Crippen LogP contribution in [0.5, 0.6) is 0 Å². The molecule has 0 bridgehead atoms. The van der Waals surface area contributed by atoms with Crippen molar-refractivity contribution >= 4 is 6.03 Å². The van der Waals surface area contributed by atoms with Gasteiger partial charge in [-0.15, -0.1) is 0 Å². The molecule has 1 N–H and O–H groups in total. The highest BCUT2D eigenvalue weighted by Crippen LogP contribution is 2.05. The summed E-state index contributed by atoms with van der Waals surface area (Å²) >= 11 is 0. The van der Waals surface area contributed by atoms with Crippen molar-refractivity contribution in [3.05, 3.63) is 0 Å². The summed E-state index contributed by atoms with van der Waals surface area (Å²) < 4.78 is 5.30. The molecule has 2 aliphatic heterocycles. The van der Waals surface area contributed by atoms with Gasteiger partial charge in [-0.3, -0.25) is 9.74 Å². The van der Waals surface area contributed by atoms with Crippen LogP contribution in [-0.2, 0) is 9.57 Å². The summed E-state index contributed by atoms with van der Waals surface area (Å²) in [6.45, 7) is 7.56. The fourth-order valence-corrected chi connectivity index (χ4v) is 2.08. The molecule has 0 aromatic carbocycles. The third-order valence-corrected chi connectivity index (χ3v) is 3.20. The lowest BCUT2D eigenvalue weighted by Gasteiger charge is -2.32. The highest BCUT2D eigenvalue weighted by Gasteiger charge is 2.21. The summed E-state index contributed by atoms with van der Waals surface area (Å²) in [5, 5.41) is 4.31. The number of rotatable bonds is 3. The summed E-state index contributed by atoms with van der Waals surface area (Å²) in [6.07, 6.45) is 0.923. The first kappa shape index (κ1) is 12.6. The van der Waals surface area contributed by atoms with Gasteiger partial charge in [0.05, 0.1) is 26.4 Å². The van der Waals surface area contributed by atoms with Crippen molar-refractivity contribution in [3.8, 4) is 0 Å². The van der Waals surface area contributed by atoms with Crippen LogP contribution in [-0.4, -0.2) is 68.0 Å². The molecule has 98 valence electrons. The molecule has 2 fully saturated rings. The van der Waals surface area contributed by atoms with Crippen molar-refractivity contribution in [2.75, 3.05) is 46.0 Å². The third-order valence-electron chi connectivity index (χ3n) is 3.20. The van der Waals surface area contributed by atoms with Crippen molar-refractivity contribution in [1.82, 2.24) is 15.3 Å². The van der Waals surface area contributed by atoms with Crippen LogP contribution in [0.1, 0.15) is 13.3 Å². The van der Waals surface area contributed by atoms with Gasteiger partial charge in [-0.25, -0.2) is 9.86 Å². The number of hydroxylamine groups is 2. The van der Waals surface area contributed by atoms with Crippen molar-refractivity contribution in [1.29, 1.82) is 0 Å². The summed E-state index contributed by atoms with van der Waals surface area (Å²) in [7, 11) is 0. The number of ether oxygens (including phenoxy) is 1. The Morgan fingerprint density at radius 1 is 1.29 bits per heavy atom. The average molecular weight is 243 g/mol. The minimum Gasteiger partial charge on any atom is -0.379 e. The number of nitrogens with zero attached hydrogens (tertiary/aromatic N) is 2. The van der Waals surface area contributed by atoms with Crippen molar-refractivity contribution in [2.45, 2.75) is 19.4 Å². The van der Waals surface area contributed by atoms with E-state index in [9.17, 15) is 4.79 Å². The molecule has 6 nitrogen and oxygen atoms in total. The molecule has 2 aliphatic rings. The van der Waals surface area contributed by atoms with Crippen LogP contribution in [0.3, 0.4) is 0 Å². The molecule has 0 aromatic rings. The van der Waals surface area contributed by atoms with E-state index >= 15 is 0 Å². The molecular formula is C11H21N3O3. The maximum atomic E-state index is 11.7. The fraction of sp³-hybridized carbons (Fsp3) is 0.909. The van der Waals surface area contributed by atoms with Crippen LogP contribution in [0.15, 0.2) is 0 Å². The Balaban J connectivity index is 1.67. The van der Waals surface area contributed by atoms with Gasteiger partial charge in [0.1, 0.15) is 0 Å². The Morgan fingerprint density at radius 3 is 2.71 bits per heavy atom. The molecule has 0 spiro atoms. The average Bonchev–Trinajstić information content (AvgIpc) is 2.90. The monoisotopic (exact) mass is 243 g/mol. The Morgan fingerprint density at radius 2 is 2.06 bits per heavy atom. The molecule has 0 aromatic heterocycles. The van der Waals surface area contributed by atoms with E-state index in [0.29, 0.717) is 25.7 Å². The maximum Gasteiger partial charge on any atom is 0.341 e. The minimum absolute atomic E-state index is 0.123. The predicted octanol–water partition coefficient (Wildman–Crippen LogP) is 0.0540. The Hall–Kier alpha value is -0.850. The molecule has 17 heavy (non-hydrogen) atoms. The Kier molecular flexibility index (Phi) is 4.58. The number of hydrogen-bond acceptors (Lipinski definition) is 4. The van der Waals surface area contributed by atoms with Gasteiger partial charge in [-0.1, -0.05) is 0 Å². The van der Waals surface area contributed by atoms with Crippen LogP contribution in [0.2, 0.25) is 0 Å². The number of nitrogens with one attached hydrogen (secondary N) is 1. The van der Waals surface area contributed by atoms with Gasteiger partial charge in [0.25, 0.3) is 0 Å². The van der Waals surface area contributed by atoms with Crippen molar-refractivity contribution in [3.63, 3.8) is 0 Å². The second kappa shape index (κ2) is 6.18. The van der Waals surface area contributed by atoms with E-state index in [1.165, 1.54) is 5.06 Å². The first-order chi connectivity index (χ1) is 8.27. The zero-order chi connectivity index (χ0) is 12.1. The number of carbonyl (C=O) groups is 1. The van der Waals surface area contributed by atoms with E-state index in [2.05, 4.69) is 17.1 Å². The van der Waals surface area contributed by atoms with Crippen LogP contribution in [0, 0.1) is 0 Å². The second-order valence-electron chi connectivity index (χ2n) is 4.47. The van der Waals surface area contributed by atoms with E-state index in [-0.39, 0.29) is 6.03 Å². The van der Waals surface area contributed by atoms with Gasteiger partial charge in [-0.05, 0) is 13.3 Å². The molecule has 2 heterocycles. The molecule has 0 aliphatic carbocycles. The van der Waals surface area contributed by atoms with E-state index in [0.717, 1.165) is 32.7 Å². The van der Waals surface area contributed by atoms with Gasteiger partial charge in [0.2, 0.25) is 0 Å². The minimum atomic E-state index is -0.123. The summed E-state index contributed by atoms with van der Waals surface area (Å²) in [4.78, 5) is 19.2. The summed E-state index contributed by atoms with van der Waals surface area (Å²) in [5.41, 5.74) is 0. The van der Waals surface area contributed by atoms with Crippen molar-refractivity contribution in [2.24, 2.45) is 0 Å². The number of hydrogen-bond donors (Lipinski definition) is 1. The molecule has 0 unspecified atom stereocenters. The Labute approximate surface area is 102 Å². The van der Waals surface area contributed by atoms with Gasteiger partial charge < -0.3 is 10.1 Å². The lowest BCUT2D eigenvalue weighted by atomic mass is 10.2. The van der Waals surface area contributed by atoms with Gasteiger partial charge in [-0.2, -0.15) is 0 Å². The van der Waals surface area contributed by atoms with Crippen LogP contribution in [0.25, 0.3) is 0 Å². The standard InChI is InChI=1S/C11H21N3O3/c1-10(13-4-7-16-8-5-13)9-12-11(15)14-3-2-6-17-14/h10H,2-9H2,1H3,(H,12,15)/t10-/m1/s1. The highest BCUT2D eigenvalue weighted by molar-refractivity contribution is 5.73. The van der Waals surface area contributed by atoms with Gasteiger partial charge in [0.15, 0.2) is 0 Å². The fourth-order valence-electron chi connectivity index (χ4n) is 2.08. The number of amides is 2. The maximum absolute atomic E-state index is 11.7. The van der Waals surface area contributed by atoms with Gasteiger partial charge >= 0.3 is 6.03 Å². The zero-order valence-electron chi connectivity index (χ0n) is 10.4. The zero-order valence-corrected chi connectivity index (χ0v) is 10.4. The van der Waals surface area contributed by atoms with Crippen LogP contribution >= 0.6 is 0 Å². The normalized spacial score (nSPS) is 23.7. The van der Waals surface area contributed by atoms with Gasteiger partial charge in [0, 0.05) is 25.7 Å². The van der Waals surface area contributed by atoms with Crippen LogP contribution < -0.4 is 5.32 Å². The molecule has 2 rings (SSSR count). The number of urea groups is 1. The molecular weight excluding hydrogens is 222 g/mol. The van der Waals surface area contributed by atoms with Crippen molar-refractivity contribution < 1.29 is 14.4 Å². The number of carbonyl (C=O) groups excluding carboxylic acids is 1. The third kappa shape index (κ3) is 3.55. The van der Waals surface area contributed by atoms with E-state index < -0.39 is 0 Å². The molecule has 2 saturated heterocycles. The lowest BCUT2D eigenvalue weighted by molar-refractivity contribution is -0.0667. The molecule has 2 amide bonds. The number of morpholine rings is 1. The lowest BCUT2D eigenvalue weighted by Crippen LogP contribution is -2.49. The molecule has 0 saturated carbocycles. The molecule has 6 heteroatoms.